The van der Waals surface area contributed by atoms with Crippen LogP contribution in [-0.4, -0.2) is 81.0 Å². The molecule has 2 unspecified atom stereocenters. The van der Waals surface area contributed by atoms with Crippen LogP contribution in [0.3, 0.4) is 0 Å². The average molecular weight is 516 g/mol. The average Bonchev–Trinajstić information content (AvgIpc) is 2.89. The summed E-state index contributed by atoms with van der Waals surface area (Å²) in [6.07, 6.45) is 0.967. The number of carbonyl (C=O) groups is 1. The van der Waals surface area contributed by atoms with Crippen molar-refractivity contribution in [3.05, 3.63) is 59.7 Å². The van der Waals surface area contributed by atoms with E-state index in [1.165, 1.54) is 0 Å². The van der Waals surface area contributed by atoms with Gasteiger partial charge in [0.25, 0.3) is 0 Å². The number of amides is 1. The van der Waals surface area contributed by atoms with Crippen LogP contribution in [0.5, 0.6) is 11.5 Å². The lowest BCUT2D eigenvalue weighted by atomic mass is 9.87. The summed E-state index contributed by atoms with van der Waals surface area (Å²) in [6, 6.07) is 15.9. The lowest BCUT2D eigenvalue weighted by Gasteiger charge is -2.39. The summed E-state index contributed by atoms with van der Waals surface area (Å²) in [5.41, 5.74) is 1.69. The molecule has 0 spiro atoms. The number of methoxy groups -OCH3 is 1. The van der Waals surface area contributed by atoms with Crippen LogP contribution < -0.4 is 9.47 Å². The molecule has 1 aliphatic heterocycles. The van der Waals surface area contributed by atoms with Crippen LogP contribution >= 0.6 is 0 Å². The van der Waals surface area contributed by atoms with Crippen LogP contribution in [-0.2, 0) is 20.6 Å². The van der Waals surface area contributed by atoms with Crippen LogP contribution in [0.4, 0.5) is 4.79 Å². The number of nitrogens with zero attached hydrogens (tertiary/aromatic N) is 1. The fraction of sp³-hybridized carbons (Fsp3) is 0.552. The highest BCUT2D eigenvalue weighted by Crippen LogP contribution is 2.32. The molecule has 2 aromatic rings. The lowest BCUT2D eigenvalue weighted by molar-refractivity contribution is -0.0376. The Kier molecular flexibility index (Phi) is 11.0. The Labute approximate surface area is 220 Å². The summed E-state index contributed by atoms with van der Waals surface area (Å²) in [5, 5.41) is 9.27. The smallest absolute Gasteiger partial charge is 0.410 e. The van der Waals surface area contributed by atoms with E-state index in [9.17, 15) is 9.90 Å². The summed E-state index contributed by atoms with van der Waals surface area (Å²) >= 11 is 0. The molecule has 1 amide bonds. The van der Waals surface area contributed by atoms with Crippen molar-refractivity contribution in [2.75, 3.05) is 53.2 Å². The van der Waals surface area contributed by atoms with E-state index >= 15 is 0 Å². The standard InChI is InChI=1S/C29H41NO7/c1-29(2,3)37-28(32)30-15-13-25(27(21-30)36-18-16-31)22-9-11-24(12-10-22)35-20-19-34-17-14-23-7-5-6-8-26(23)33-4/h5-12,25,27,31H,13-21H2,1-4H3. The summed E-state index contributed by atoms with van der Waals surface area (Å²) < 4.78 is 28.4. The van der Waals surface area contributed by atoms with E-state index in [0.29, 0.717) is 32.9 Å². The van der Waals surface area contributed by atoms with Crippen molar-refractivity contribution in [1.82, 2.24) is 4.90 Å². The highest BCUT2D eigenvalue weighted by molar-refractivity contribution is 5.68. The van der Waals surface area contributed by atoms with E-state index in [1.807, 2.05) is 69.3 Å². The number of rotatable bonds is 12. The number of carbonyl (C=O) groups excluding carboxylic acids is 1. The molecule has 2 aromatic carbocycles. The SMILES string of the molecule is COc1ccccc1CCOCCOc1ccc(C2CCN(C(=O)OC(C)(C)C)CC2OCCO)cc1. The van der Waals surface area contributed by atoms with Crippen LogP contribution in [0.1, 0.15) is 44.2 Å². The Morgan fingerprint density at radius 1 is 1.03 bits per heavy atom. The molecule has 1 heterocycles. The maximum atomic E-state index is 12.6. The largest absolute Gasteiger partial charge is 0.496 e. The van der Waals surface area contributed by atoms with Crippen LogP contribution in [0, 0.1) is 0 Å². The molecule has 204 valence electrons. The van der Waals surface area contributed by atoms with E-state index in [-0.39, 0.29) is 31.3 Å². The molecular formula is C29H41NO7. The Hall–Kier alpha value is -2.81. The van der Waals surface area contributed by atoms with Gasteiger partial charge in [-0.25, -0.2) is 4.79 Å². The first kappa shape index (κ1) is 28.8. The number of benzene rings is 2. The monoisotopic (exact) mass is 515 g/mol. The van der Waals surface area contributed by atoms with Crippen molar-refractivity contribution >= 4 is 6.09 Å². The molecule has 3 rings (SSSR count). The molecule has 1 saturated heterocycles. The molecule has 0 saturated carbocycles. The number of hydrogen-bond donors (Lipinski definition) is 1. The first-order valence-electron chi connectivity index (χ1n) is 12.9. The van der Waals surface area contributed by atoms with Gasteiger partial charge in [0.15, 0.2) is 0 Å². The molecule has 8 heteroatoms. The second-order valence-electron chi connectivity index (χ2n) is 10.0. The lowest BCUT2D eigenvalue weighted by Crippen LogP contribution is -2.48. The molecule has 8 nitrogen and oxygen atoms in total. The number of para-hydroxylation sites is 1. The zero-order chi connectivity index (χ0) is 26.7. The minimum Gasteiger partial charge on any atom is -0.496 e. The summed E-state index contributed by atoms with van der Waals surface area (Å²) in [7, 11) is 1.67. The molecule has 0 aliphatic carbocycles. The Balaban J connectivity index is 1.46. The molecule has 0 bridgehead atoms. The van der Waals surface area contributed by atoms with Gasteiger partial charge in [0.05, 0.1) is 46.2 Å². The van der Waals surface area contributed by atoms with E-state index in [4.69, 9.17) is 23.7 Å². The van der Waals surface area contributed by atoms with Crippen LogP contribution in [0.25, 0.3) is 0 Å². The molecule has 37 heavy (non-hydrogen) atoms. The predicted molar refractivity (Wildman–Crippen MR) is 141 cm³/mol. The fourth-order valence-electron chi connectivity index (χ4n) is 4.39. The number of aliphatic hydroxyl groups excluding tert-OH is 1. The number of aliphatic hydroxyl groups is 1. The summed E-state index contributed by atoms with van der Waals surface area (Å²) in [6.45, 7) is 8.29. The number of hydrogen-bond acceptors (Lipinski definition) is 7. The van der Waals surface area contributed by atoms with E-state index < -0.39 is 5.60 Å². The van der Waals surface area contributed by atoms with Crippen molar-refractivity contribution in [3.63, 3.8) is 0 Å². The Bertz CT molecular complexity index is 957. The van der Waals surface area contributed by atoms with Gasteiger partial charge in [-0.15, -0.1) is 0 Å². The van der Waals surface area contributed by atoms with Crippen molar-refractivity contribution in [3.8, 4) is 11.5 Å². The van der Waals surface area contributed by atoms with Gasteiger partial charge in [-0.1, -0.05) is 30.3 Å². The van der Waals surface area contributed by atoms with Gasteiger partial charge < -0.3 is 33.7 Å². The number of piperidine rings is 1. The fourth-order valence-corrected chi connectivity index (χ4v) is 4.39. The van der Waals surface area contributed by atoms with Crippen molar-refractivity contribution in [2.45, 2.75) is 51.2 Å². The normalized spacial score (nSPS) is 17.9. The van der Waals surface area contributed by atoms with Gasteiger partial charge in [-0.05, 0) is 62.9 Å². The maximum absolute atomic E-state index is 12.6. The highest BCUT2D eigenvalue weighted by atomic mass is 16.6. The third-order valence-corrected chi connectivity index (χ3v) is 6.15. The van der Waals surface area contributed by atoms with Gasteiger partial charge in [0.2, 0.25) is 0 Å². The number of ether oxygens (including phenoxy) is 5. The number of likely N-dealkylation sites (tertiary alicyclic amines) is 1. The van der Waals surface area contributed by atoms with Crippen LogP contribution in [0.2, 0.25) is 0 Å². The van der Waals surface area contributed by atoms with Crippen molar-refractivity contribution in [2.24, 2.45) is 0 Å². The van der Waals surface area contributed by atoms with E-state index in [2.05, 4.69) is 0 Å². The second kappa shape index (κ2) is 14.2. The quantitative estimate of drug-likeness (QED) is 0.418. The zero-order valence-electron chi connectivity index (χ0n) is 22.5. The Morgan fingerprint density at radius 3 is 2.49 bits per heavy atom. The first-order chi connectivity index (χ1) is 17.8. The Morgan fingerprint density at radius 2 is 1.78 bits per heavy atom. The van der Waals surface area contributed by atoms with Crippen molar-refractivity contribution < 1.29 is 33.6 Å². The van der Waals surface area contributed by atoms with E-state index in [0.717, 1.165) is 35.5 Å². The topological polar surface area (TPSA) is 86.7 Å². The van der Waals surface area contributed by atoms with E-state index in [1.54, 1.807) is 12.0 Å². The molecule has 1 fully saturated rings. The third-order valence-electron chi connectivity index (χ3n) is 6.15. The second-order valence-corrected chi connectivity index (χ2v) is 10.0. The summed E-state index contributed by atoms with van der Waals surface area (Å²) in [4.78, 5) is 14.2. The molecule has 1 aliphatic rings. The third kappa shape index (κ3) is 9.22. The first-order valence-corrected chi connectivity index (χ1v) is 12.9. The molecule has 2 atom stereocenters. The van der Waals surface area contributed by atoms with Gasteiger partial charge >= 0.3 is 6.09 Å². The molecule has 1 N–H and O–H groups in total. The van der Waals surface area contributed by atoms with Gasteiger partial charge in [0, 0.05) is 12.5 Å². The maximum Gasteiger partial charge on any atom is 0.410 e. The van der Waals surface area contributed by atoms with Gasteiger partial charge in [-0.3, -0.25) is 0 Å². The minimum absolute atomic E-state index is 0.0661. The molecule has 0 radical (unpaired) electrons. The molecular weight excluding hydrogens is 474 g/mol. The minimum atomic E-state index is -0.550. The predicted octanol–water partition coefficient (Wildman–Crippen LogP) is 4.44. The van der Waals surface area contributed by atoms with Crippen LogP contribution in [0.15, 0.2) is 48.5 Å². The molecule has 0 aromatic heterocycles. The van der Waals surface area contributed by atoms with Gasteiger partial charge in [0.1, 0.15) is 23.7 Å². The summed E-state index contributed by atoms with van der Waals surface area (Å²) in [5.74, 6) is 1.76. The van der Waals surface area contributed by atoms with Crippen molar-refractivity contribution in [1.29, 1.82) is 0 Å². The highest BCUT2D eigenvalue weighted by Gasteiger charge is 2.35. The van der Waals surface area contributed by atoms with Gasteiger partial charge in [-0.2, -0.15) is 0 Å². The zero-order valence-corrected chi connectivity index (χ0v) is 22.5.